The SMILES string of the molecule is CCC(N[C@@H](C)c1ccccn1)c1ccc(O)cc1. The van der Waals surface area contributed by atoms with Crippen LogP contribution in [0.4, 0.5) is 0 Å². The third kappa shape index (κ3) is 3.55. The van der Waals surface area contributed by atoms with Crippen molar-refractivity contribution in [1.29, 1.82) is 0 Å². The van der Waals surface area contributed by atoms with Crippen LogP contribution in [0.3, 0.4) is 0 Å². The predicted octanol–water partition coefficient (Wildman–Crippen LogP) is 3.59. The summed E-state index contributed by atoms with van der Waals surface area (Å²) in [7, 11) is 0. The lowest BCUT2D eigenvalue weighted by molar-refractivity contribution is 0.447. The van der Waals surface area contributed by atoms with Crippen molar-refractivity contribution in [3.05, 3.63) is 59.9 Å². The number of hydrogen-bond acceptors (Lipinski definition) is 3. The van der Waals surface area contributed by atoms with Gasteiger partial charge in [0, 0.05) is 18.3 Å². The number of rotatable bonds is 5. The molecule has 0 spiro atoms. The van der Waals surface area contributed by atoms with E-state index in [1.165, 1.54) is 5.56 Å². The lowest BCUT2D eigenvalue weighted by atomic mass is 10.0. The number of aromatic hydroxyl groups is 1. The lowest BCUT2D eigenvalue weighted by Gasteiger charge is -2.22. The summed E-state index contributed by atoms with van der Waals surface area (Å²) in [6, 6.07) is 13.8. The molecule has 0 amide bonds. The minimum absolute atomic E-state index is 0.194. The molecule has 1 heterocycles. The van der Waals surface area contributed by atoms with Gasteiger partial charge in [0.05, 0.1) is 5.69 Å². The van der Waals surface area contributed by atoms with Crippen LogP contribution in [0, 0.1) is 0 Å². The van der Waals surface area contributed by atoms with Crippen LogP contribution in [-0.2, 0) is 0 Å². The average molecular weight is 256 g/mol. The number of benzene rings is 1. The van der Waals surface area contributed by atoms with Gasteiger partial charge in [0.15, 0.2) is 0 Å². The molecule has 3 heteroatoms. The van der Waals surface area contributed by atoms with E-state index in [0.717, 1.165) is 12.1 Å². The van der Waals surface area contributed by atoms with Gasteiger partial charge in [-0.2, -0.15) is 0 Å². The quantitative estimate of drug-likeness (QED) is 0.859. The summed E-state index contributed by atoms with van der Waals surface area (Å²) in [6.07, 6.45) is 2.80. The normalized spacial score (nSPS) is 14.0. The summed E-state index contributed by atoms with van der Waals surface area (Å²) >= 11 is 0. The molecule has 1 aromatic heterocycles. The van der Waals surface area contributed by atoms with E-state index < -0.39 is 0 Å². The van der Waals surface area contributed by atoms with Crippen molar-refractivity contribution in [3.63, 3.8) is 0 Å². The number of hydrogen-bond donors (Lipinski definition) is 2. The van der Waals surface area contributed by atoms with Crippen molar-refractivity contribution in [2.75, 3.05) is 0 Å². The Hall–Kier alpha value is -1.87. The fraction of sp³-hybridized carbons (Fsp3) is 0.312. The molecule has 2 N–H and O–H groups in total. The maximum Gasteiger partial charge on any atom is 0.115 e. The van der Waals surface area contributed by atoms with Gasteiger partial charge in [-0.3, -0.25) is 4.98 Å². The van der Waals surface area contributed by atoms with Crippen molar-refractivity contribution in [2.45, 2.75) is 32.4 Å². The molecule has 2 rings (SSSR count). The Balaban J connectivity index is 2.09. The first-order chi connectivity index (χ1) is 9.20. The highest BCUT2D eigenvalue weighted by Gasteiger charge is 2.14. The Morgan fingerprint density at radius 1 is 1.16 bits per heavy atom. The topological polar surface area (TPSA) is 45.2 Å². The first kappa shape index (κ1) is 13.6. The number of phenols is 1. The van der Waals surface area contributed by atoms with E-state index in [2.05, 4.69) is 24.1 Å². The molecule has 0 radical (unpaired) electrons. The molecule has 1 unspecified atom stereocenters. The van der Waals surface area contributed by atoms with Crippen LogP contribution in [0.25, 0.3) is 0 Å². The van der Waals surface area contributed by atoms with Crippen LogP contribution in [0.2, 0.25) is 0 Å². The molecular weight excluding hydrogens is 236 g/mol. The van der Waals surface area contributed by atoms with Gasteiger partial charge in [-0.25, -0.2) is 0 Å². The van der Waals surface area contributed by atoms with Gasteiger partial charge >= 0.3 is 0 Å². The maximum absolute atomic E-state index is 9.34. The summed E-state index contributed by atoms with van der Waals surface area (Å²) in [6.45, 7) is 4.26. The average Bonchev–Trinajstić information content (AvgIpc) is 2.46. The van der Waals surface area contributed by atoms with Crippen LogP contribution >= 0.6 is 0 Å². The van der Waals surface area contributed by atoms with E-state index in [0.29, 0.717) is 5.75 Å². The molecule has 0 fully saturated rings. The van der Waals surface area contributed by atoms with Gasteiger partial charge in [0.25, 0.3) is 0 Å². The van der Waals surface area contributed by atoms with E-state index in [-0.39, 0.29) is 12.1 Å². The van der Waals surface area contributed by atoms with Gasteiger partial charge in [0.1, 0.15) is 5.75 Å². The third-order valence-corrected chi connectivity index (χ3v) is 3.29. The van der Waals surface area contributed by atoms with Crippen LogP contribution in [0.1, 0.15) is 43.6 Å². The van der Waals surface area contributed by atoms with Crippen LogP contribution in [0.5, 0.6) is 5.75 Å². The molecule has 0 saturated heterocycles. The summed E-state index contributed by atoms with van der Waals surface area (Å²) in [5.74, 6) is 0.302. The summed E-state index contributed by atoms with van der Waals surface area (Å²) in [5.41, 5.74) is 2.22. The maximum atomic E-state index is 9.34. The van der Waals surface area contributed by atoms with Gasteiger partial charge in [-0.1, -0.05) is 25.1 Å². The molecule has 3 nitrogen and oxygen atoms in total. The zero-order chi connectivity index (χ0) is 13.7. The molecule has 0 saturated carbocycles. The fourth-order valence-corrected chi connectivity index (χ4v) is 2.18. The minimum Gasteiger partial charge on any atom is -0.508 e. The van der Waals surface area contributed by atoms with E-state index in [1.54, 1.807) is 12.1 Å². The monoisotopic (exact) mass is 256 g/mol. The zero-order valence-electron chi connectivity index (χ0n) is 11.4. The van der Waals surface area contributed by atoms with Gasteiger partial charge in [-0.05, 0) is 43.2 Å². The largest absolute Gasteiger partial charge is 0.508 e. The molecule has 0 aliphatic rings. The summed E-state index contributed by atoms with van der Waals surface area (Å²) < 4.78 is 0. The Labute approximate surface area is 114 Å². The molecule has 1 aromatic carbocycles. The molecule has 2 atom stereocenters. The van der Waals surface area contributed by atoms with Crippen LogP contribution in [0.15, 0.2) is 48.7 Å². The Kier molecular flexibility index (Phi) is 4.53. The van der Waals surface area contributed by atoms with E-state index in [1.807, 2.05) is 36.5 Å². The van der Waals surface area contributed by atoms with E-state index >= 15 is 0 Å². The van der Waals surface area contributed by atoms with Gasteiger partial charge in [-0.15, -0.1) is 0 Å². The molecule has 100 valence electrons. The number of pyridine rings is 1. The van der Waals surface area contributed by atoms with E-state index in [9.17, 15) is 5.11 Å². The van der Waals surface area contributed by atoms with Gasteiger partial charge < -0.3 is 10.4 Å². The highest BCUT2D eigenvalue weighted by Crippen LogP contribution is 2.22. The standard InChI is InChI=1S/C16H20N2O/c1-3-15(13-7-9-14(19)10-8-13)18-12(2)16-6-4-5-11-17-16/h4-12,15,18-19H,3H2,1-2H3/t12-,15?/m0/s1. The summed E-state index contributed by atoms with van der Waals surface area (Å²) in [5, 5.41) is 12.9. The summed E-state index contributed by atoms with van der Waals surface area (Å²) in [4.78, 5) is 4.37. The lowest BCUT2D eigenvalue weighted by Crippen LogP contribution is -2.24. The first-order valence-corrected chi connectivity index (χ1v) is 6.66. The number of aromatic nitrogens is 1. The third-order valence-electron chi connectivity index (χ3n) is 3.29. The Bertz CT molecular complexity index is 496. The van der Waals surface area contributed by atoms with Crippen molar-refractivity contribution in [3.8, 4) is 5.75 Å². The van der Waals surface area contributed by atoms with Crippen molar-refractivity contribution in [2.24, 2.45) is 0 Å². The predicted molar refractivity (Wildman–Crippen MR) is 76.9 cm³/mol. The molecule has 2 aromatic rings. The Morgan fingerprint density at radius 3 is 2.47 bits per heavy atom. The zero-order valence-corrected chi connectivity index (χ0v) is 11.4. The molecule has 19 heavy (non-hydrogen) atoms. The first-order valence-electron chi connectivity index (χ1n) is 6.66. The number of nitrogens with zero attached hydrogens (tertiary/aromatic N) is 1. The number of nitrogens with one attached hydrogen (secondary N) is 1. The van der Waals surface area contributed by atoms with Gasteiger partial charge in [0.2, 0.25) is 0 Å². The highest BCUT2D eigenvalue weighted by molar-refractivity contribution is 5.28. The highest BCUT2D eigenvalue weighted by atomic mass is 16.3. The number of phenolic OH excluding ortho intramolecular Hbond substituents is 1. The molecule has 0 aliphatic heterocycles. The van der Waals surface area contributed by atoms with Crippen LogP contribution in [-0.4, -0.2) is 10.1 Å². The minimum atomic E-state index is 0.194. The van der Waals surface area contributed by atoms with Crippen molar-refractivity contribution >= 4 is 0 Å². The fourth-order valence-electron chi connectivity index (χ4n) is 2.18. The van der Waals surface area contributed by atoms with Crippen LogP contribution < -0.4 is 5.32 Å². The second-order valence-electron chi connectivity index (χ2n) is 4.70. The second-order valence-corrected chi connectivity index (χ2v) is 4.70. The van der Waals surface area contributed by atoms with Crippen molar-refractivity contribution < 1.29 is 5.11 Å². The smallest absolute Gasteiger partial charge is 0.115 e. The molecular formula is C16H20N2O. The molecule has 0 bridgehead atoms. The molecule has 0 aliphatic carbocycles. The van der Waals surface area contributed by atoms with E-state index in [4.69, 9.17) is 0 Å². The Morgan fingerprint density at radius 2 is 1.89 bits per heavy atom. The second kappa shape index (κ2) is 6.34. The van der Waals surface area contributed by atoms with Crippen molar-refractivity contribution in [1.82, 2.24) is 10.3 Å².